The van der Waals surface area contributed by atoms with Crippen molar-refractivity contribution in [3.05, 3.63) is 47.5 Å². The van der Waals surface area contributed by atoms with Gasteiger partial charge in [0.1, 0.15) is 12.1 Å². The minimum Gasteiger partial charge on any atom is -0.486 e. The van der Waals surface area contributed by atoms with Gasteiger partial charge in [-0.15, -0.1) is 0 Å². The van der Waals surface area contributed by atoms with Gasteiger partial charge in [0.15, 0.2) is 22.7 Å². The molecule has 2 heterocycles. The fourth-order valence-electron chi connectivity index (χ4n) is 4.72. The second kappa shape index (κ2) is 8.39. The first-order chi connectivity index (χ1) is 16.7. The zero-order chi connectivity index (χ0) is 25.0. The van der Waals surface area contributed by atoms with Crippen molar-refractivity contribution in [1.82, 2.24) is 0 Å². The van der Waals surface area contributed by atoms with Gasteiger partial charge < -0.3 is 19.1 Å². The quantitative estimate of drug-likeness (QED) is 0.572. The summed E-state index contributed by atoms with van der Waals surface area (Å²) in [5.41, 5.74) is -2.05. The van der Waals surface area contributed by atoms with Crippen LogP contribution in [-0.2, 0) is 15.7 Å². The highest BCUT2D eigenvalue weighted by Gasteiger charge is 2.59. The monoisotopic (exact) mass is 503 g/mol. The van der Waals surface area contributed by atoms with E-state index in [1.165, 1.54) is 6.07 Å². The summed E-state index contributed by atoms with van der Waals surface area (Å²) < 4.78 is 57.5. The minimum atomic E-state index is -4.75. The lowest BCUT2D eigenvalue weighted by Crippen LogP contribution is -2.55. The lowest BCUT2D eigenvalue weighted by atomic mass is 9.75. The summed E-state index contributed by atoms with van der Waals surface area (Å²) in [6, 6.07) is 9.93. The number of nitrogens with zero attached hydrogens (tertiary/aromatic N) is 3. The predicted molar refractivity (Wildman–Crippen MR) is 124 cm³/mol. The number of hydrogen-bond acceptors (Lipinski definition) is 6. The molecule has 2 aromatic rings. The van der Waals surface area contributed by atoms with E-state index in [1.54, 1.807) is 36.3 Å². The zero-order valence-electron chi connectivity index (χ0n) is 18.6. The SMILES string of the molecule is COC[C@@H]1COc2cc(N3C(=S)N(c4ccc(C#N)c(C(F)(F)F)c4)C(=O)C34CCC4)ccc2O1. The fourth-order valence-corrected chi connectivity index (χ4v) is 5.19. The summed E-state index contributed by atoms with van der Waals surface area (Å²) in [6.07, 6.45) is -3.20. The van der Waals surface area contributed by atoms with Gasteiger partial charge in [0.25, 0.3) is 5.91 Å². The summed E-state index contributed by atoms with van der Waals surface area (Å²) in [5.74, 6) is 0.623. The van der Waals surface area contributed by atoms with E-state index in [9.17, 15) is 18.0 Å². The molecule has 1 aliphatic carbocycles. The van der Waals surface area contributed by atoms with Gasteiger partial charge in [-0.25, -0.2) is 0 Å². The molecule has 3 aliphatic rings. The average molecular weight is 504 g/mol. The number of alkyl halides is 3. The van der Waals surface area contributed by atoms with Crippen LogP contribution in [0.1, 0.15) is 30.4 Å². The van der Waals surface area contributed by atoms with Crippen LogP contribution in [0, 0.1) is 11.3 Å². The molecule has 11 heteroatoms. The number of carbonyl (C=O) groups is 1. The maximum absolute atomic E-state index is 13.6. The Labute approximate surface area is 204 Å². The van der Waals surface area contributed by atoms with E-state index in [0.717, 1.165) is 23.5 Å². The summed E-state index contributed by atoms with van der Waals surface area (Å²) in [4.78, 5) is 16.4. The zero-order valence-corrected chi connectivity index (χ0v) is 19.4. The van der Waals surface area contributed by atoms with Crippen molar-refractivity contribution in [1.29, 1.82) is 5.26 Å². The van der Waals surface area contributed by atoms with Gasteiger partial charge in [-0.05, 0) is 61.8 Å². The molecule has 0 radical (unpaired) electrons. The number of thiocarbonyl (C=S) groups is 1. The van der Waals surface area contributed by atoms with E-state index in [4.69, 9.17) is 31.7 Å². The number of ether oxygens (including phenoxy) is 3. The van der Waals surface area contributed by atoms with Gasteiger partial charge in [0, 0.05) is 18.9 Å². The van der Waals surface area contributed by atoms with Gasteiger partial charge in [-0.1, -0.05) is 0 Å². The number of benzene rings is 2. The highest BCUT2D eigenvalue weighted by atomic mass is 32.1. The fraction of sp³-hybridized carbons (Fsp3) is 0.375. The van der Waals surface area contributed by atoms with E-state index in [1.807, 2.05) is 0 Å². The molecular formula is C24H20F3N3O4S. The van der Waals surface area contributed by atoms with E-state index in [2.05, 4.69) is 0 Å². The van der Waals surface area contributed by atoms with Gasteiger partial charge in [0.05, 0.1) is 29.5 Å². The molecule has 2 aromatic carbocycles. The Kier molecular flexibility index (Phi) is 5.61. The molecule has 1 saturated carbocycles. The Bertz CT molecular complexity index is 1260. The number of halogens is 3. The van der Waals surface area contributed by atoms with Crippen molar-refractivity contribution in [2.75, 3.05) is 30.1 Å². The molecule has 35 heavy (non-hydrogen) atoms. The molecule has 182 valence electrons. The number of anilines is 2. The second-order valence-electron chi connectivity index (χ2n) is 8.62. The highest BCUT2D eigenvalue weighted by molar-refractivity contribution is 7.81. The summed E-state index contributed by atoms with van der Waals surface area (Å²) in [7, 11) is 1.57. The van der Waals surface area contributed by atoms with Crippen LogP contribution in [0.15, 0.2) is 36.4 Å². The predicted octanol–water partition coefficient (Wildman–Crippen LogP) is 4.42. The van der Waals surface area contributed by atoms with Crippen LogP contribution in [0.2, 0.25) is 0 Å². The summed E-state index contributed by atoms with van der Waals surface area (Å²) >= 11 is 5.65. The number of amides is 1. The Balaban J connectivity index is 1.53. The van der Waals surface area contributed by atoms with Crippen molar-refractivity contribution in [3.8, 4) is 17.6 Å². The van der Waals surface area contributed by atoms with E-state index in [-0.39, 0.29) is 29.4 Å². The molecule has 1 saturated heterocycles. The molecular weight excluding hydrogens is 483 g/mol. The Hall–Kier alpha value is -3.36. The molecule has 2 fully saturated rings. The first-order valence-corrected chi connectivity index (χ1v) is 11.3. The lowest BCUT2D eigenvalue weighted by molar-refractivity contribution is -0.137. The van der Waals surface area contributed by atoms with Crippen molar-refractivity contribution in [2.45, 2.75) is 37.1 Å². The Morgan fingerprint density at radius 3 is 2.57 bits per heavy atom. The van der Waals surface area contributed by atoms with Crippen molar-refractivity contribution in [2.24, 2.45) is 0 Å². The Morgan fingerprint density at radius 1 is 1.20 bits per heavy atom. The maximum atomic E-state index is 13.6. The van der Waals surface area contributed by atoms with Crippen LogP contribution in [0.25, 0.3) is 0 Å². The third-order valence-corrected chi connectivity index (χ3v) is 6.90. The summed E-state index contributed by atoms with van der Waals surface area (Å²) in [6.45, 7) is 0.658. The first kappa shape index (κ1) is 23.4. The van der Waals surface area contributed by atoms with Crippen LogP contribution >= 0.6 is 12.2 Å². The maximum Gasteiger partial charge on any atom is 0.417 e. The smallest absolute Gasteiger partial charge is 0.417 e. The molecule has 7 nitrogen and oxygen atoms in total. The standard InChI is InChI=1S/C24H20F3N3O4S/c1-32-12-17-13-33-20-10-16(5-6-19(20)34-17)30-22(35)29(21(31)23(30)7-2-8-23)15-4-3-14(11-28)18(9-15)24(25,26)27/h3-6,9-10,17H,2,7-8,12-13H2,1H3/t17-/m1/s1. The Morgan fingerprint density at radius 2 is 1.94 bits per heavy atom. The van der Waals surface area contributed by atoms with E-state index >= 15 is 0 Å². The molecule has 1 amide bonds. The molecule has 5 rings (SSSR count). The molecule has 0 aromatic heterocycles. The van der Waals surface area contributed by atoms with Crippen LogP contribution in [0.3, 0.4) is 0 Å². The van der Waals surface area contributed by atoms with Gasteiger partial charge >= 0.3 is 6.18 Å². The van der Waals surface area contributed by atoms with Gasteiger partial charge in [-0.3, -0.25) is 9.69 Å². The van der Waals surface area contributed by atoms with Crippen molar-refractivity contribution in [3.63, 3.8) is 0 Å². The molecule has 2 aliphatic heterocycles. The topological polar surface area (TPSA) is 75.0 Å². The molecule has 0 unspecified atom stereocenters. The van der Waals surface area contributed by atoms with Crippen LogP contribution in [0.5, 0.6) is 11.5 Å². The van der Waals surface area contributed by atoms with Crippen molar-refractivity contribution < 1.29 is 32.2 Å². The van der Waals surface area contributed by atoms with E-state index < -0.39 is 22.8 Å². The van der Waals surface area contributed by atoms with E-state index in [0.29, 0.717) is 36.6 Å². The van der Waals surface area contributed by atoms with Crippen molar-refractivity contribution >= 4 is 34.6 Å². The third kappa shape index (κ3) is 3.68. The number of fused-ring (bicyclic) bond motifs is 1. The number of nitriles is 1. The number of hydrogen-bond donors (Lipinski definition) is 0. The largest absolute Gasteiger partial charge is 0.486 e. The van der Waals surface area contributed by atoms with Crippen LogP contribution < -0.4 is 19.3 Å². The average Bonchev–Trinajstić information content (AvgIpc) is 3.04. The first-order valence-electron chi connectivity index (χ1n) is 10.9. The van der Waals surface area contributed by atoms with Gasteiger partial charge in [-0.2, -0.15) is 18.4 Å². The van der Waals surface area contributed by atoms with Crippen LogP contribution in [0.4, 0.5) is 24.5 Å². The normalized spacial score (nSPS) is 20.7. The van der Waals surface area contributed by atoms with Crippen LogP contribution in [-0.4, -0.2) is 43.0 Å². The highest BCUT2D eigenvalue weighted by Crippen LogP contribution is 2.49. The molecule has 0 bridgehead atoms. The molecule has 1 atom stereocenters. The number of carbonyl (C=O) groups excluding carboxylic acids is 1. The molecule has 0 N–H and O–H groups in total. The second-order valence-corrected chi connectivity index (χ2v) is 8.99. The number of rotatable bonds is 4. The number of methoxy groups -OCH3 is 1. The van der Waals surface area contributed by atoms with Gasteiger partial charge in [0.2, 0.25) is 0 Å². The summed E-state index contributed by atoms with van der Waals surface area (Å²) in [5, 5.41) is 9.18. The molecule has 1 spiro atoms. The third-order valence-electron chi connectivity index (χ3n) is 6.54. The minimum absolute atomic E-state index is 0.0277. The lowest BCUT2D eigenvalue weighted by Gasteiger charge is -2.43.